The van der Waals surface area contributed by atoms with Gasteiger partial charge in [0.2, 0.25) is 0 Å². The third-order valence-corrected chi connectivity index (χ3v) is 6.89. The Morgan fingerprint density at radius 1 is 1.38 bits per heavy atom. The maximum atomic E-state index is 12.0. The highest BCUT2D eigenvalue weighted by Gasteiger charge is 2.69. The number of hydrogen-bond acceptors (Lipinski definition) is 5. The molecule has 0 unspecified atom stereocenters. The first-order chi connectivity index (χ1) is 11.3. The van der Waals surface area contributed by atoms with Gasteiger partial charge in [-0.1, -0.05) is 0 Å². The Morgan fingerprint density at radius 2 is 2.04 bits per heavy atom. The molecule has 0 aromatic carbocycles. The van der Waals surface area contributed by atoms with Crippen LogP contribution in [0.2, 0.25) is 0 Å². The highest BCUT2D eigenvalue weighted by atomic mass is 35.5. The molecule has 128 valence electrons. The van der Waals surface area contributed by atoms with Crippen LogP contribution in [0.15, 0.2) is 0 Å². The minimum atomic E-state index is -1.12. The molecule has 1 aromatic heterocycles. The van der Waals surface area contributed by atoms with Crippen molar-refractivity contribution in [3.63, 3.8) is 0 Å². The summed E-state index contributed by atoms with van der Waals surface area (Å²) < 4.78 is 3.89. The maximum absolute atomic E-state index is 12.0. The van der Waals surface area contributed by atoms with Gasteiger partial charge in [-0.2, -0.15) is 5.26 Å². The topological polar surface area (TPSA) is 79.2 Å². The first-order valence-electron chi connectivity index (χ1n) is 7.68. The number of halogens is 2. The summed E-state index contributed by atoms with van der Waals surface area (Å²) in [5.74, 6) is -1.06. The van der Waals surface area contributed by atoms with Gasteiger partial charge in [-0.15, -0.1) is 34.5 Å². The summed E-state index contributed by atoms with van der Waals surface area (Å²) >= 11 is 13.3. The molecule has 0 bridgehead atoms. The number of rotatable bonds is 4. The lowest BCUT2D eigenvalue weighted by Gasteiger charge is -2.11. The van der Waals surface area contributed by atoms with Crippen LogP contribution in [0.25, 0.3) is 0 Å². The van der Waals surface area contributed by atoms with E-state index in [1.807, 2.05) is 0 Å². The van der Waals surface area contributed by atoms with E-state index in [4.69, 9.17) is 27.9 Å². The molecule has 1 amide bonds. The van der Waals surface area contributed by atoms with Gasteiger partial charge in [-0.25, -0.2) is 0 Å². The second kappa shape index (κ2) is 6.21. The van der Waals surface area contributed by atoms with Crippen molar-refractivity contribution in [2.45, 2.75) is 43.4 Å². The zero-order valence-corrected chi connectivity index (χ0v) is 15.4. The van der Waals surface area contributed by atoms with E-state index in [0.29, 0.717) is 17.0 Å². The van der Waals surface area contributed by atoms with Crippen molar-refractivity contribution in [1.29, 1.82) is 5.26 Å². The number of amides is 1. The number of hydrogen-bond donors (Lipinski definition) is 1. The number of carbonyl (C=O) groups excluding carboxylic acids is 2. The molecule has 24 heavy (non-hydrogen) atoms. The number of alkyl halides is 2. The second-order valence-corrected chi connectivity index (χ2v) is 8.95. The summed E-state index contributed by atoms with van der Waals surface area (Å²) in [7, 11) is 0. The van der Waals surface area contributed by atoms with Crippen molar-refractivity contribution in [1.82, 2.24) is 0 Å². The summed E-state index contributed by atoms with van der Waals surface area (Å²) in [5.41, 5.74) is 0.612. The average Bonchev–Trinajstić information content (AvgIpc) is 2.90. The van der Waals surface area contributed by atoms with E-state index in [2.05, 4.69) is 11.4 Å². The van der Waals surface area contributed by atoms with E-state index >= 15 is 0 Å². The van der Waals surface area contributed by atoms with Gasteiger partial charge in [-0.05, 0) is 38.2 Å². The van der Waals surface area contributed by atoms with Gasteiger partial charge in [0, 0.05) is 11.3 Å². The van der Waals surface area contributed by atoms with Crippen LogP contribution in [0.1, 0.15) is 42.2 Å². The van der Waals surface area contributed by atoms with Crippen LogP contribution in [-0.4, -0.2) is 22.8 Å². The fraction of sp³-hybridized carbons (Fsp3) is 0.562. The first-order valence-corrected chi connectivity index (χ1v) is 9.25. The Hall–Kier alpha value is -1.29. The minimum Gasteiger partial charge on any atom is -0.455 e. The van der Waals surface area contributed by atoms with Crippen LogP contribution in [0.5, 0.6) is 0 Å². The van der Waals surface area contributed by atoms with E-state index < -0.39 is 28.2 Å². The fourth-order valence-corrected chi connectivity index (χ4v) is 4.79. The zero-order chi connectivity index (χ0) is 17.5. The molecule has 3 rings (SSSR count). The predicted octanol–water partition coefficient (Wildman–Crippen LogP) is 3.56. The molecule has 0 saturated heterocycles. The van der Waals surface area contributed by atoms with E-state index in [1.54, 1.807) is 6.92 Å². The van der Waals surface area contributed by atoms with Crippen LogP contribution >= 0.6 is 34.5 Å². The largest absolute Gasteiger partial charge is 0.455 e. The molecule has 0 spiro atoms. The lowest BCUT2D eigenvalue weighted by Crippen LogP contribution is -2.26. The number of fused-ring (bicyclic) bond motifs is 1. The number of nitriles is 1. The van der Waals surface area contributed by atoms with Gasteiger partial charge < -0.3 is 10.1 Å². The number of nitrogens with zero attached hydrogens (tertiary/aromatic N) is 1. The van der Waals surface area contributed by atoms with Gasteiger partial charge in [0.15, 0.2) is 6.61 Å². The Bertz CT molecular complexity index is 753. The van der Waals surface area contributed by atoms with Gasteiger partial charge in [0.1, 0.15) is 20.8 Å². The number of thiophene rings is 1. The van der Waals surface area contributed by atoms with E-state index in [0.717, 1.165) is 36.1 Å². The van der Waals surface area contributed by atoms with Gasteiger partial charge in [0.25, 0.3) is 5.91 Å². The molecule has 0 aliphatic heterocycles. The monoisotopic (exact) mass is 386 g/mol. The van der Waals surface area contributed by atoms with Gasteiger partial charge >= 0.3 is 5.97 Å². The predicted molar refractivity (Wildman–Crippen MR) is 92.4 cm³/mol. The number of esters is 1. The molecule has 2 aliphatic rings. The smallest absolute Gasteiger partial charge is 0.315 e. The SMILES string of the molecule is C[C@]1(C(=O)OCC(=O)Nc2sc3c(c2C#N)CCCC3)CC1(Cl)Cl. The number of anilines is 1. The van der Waals surface area contributed by atoms with Crippen LogP contribution in [0, 0.1) is 16.7 Å². The number of carbonyl (C=O) groups is 2. The van der Waals surface area contributed by atoms with Crippen molar-refractivity contribution in [3.8, 4) is 6.07 Å². The Kier molecular flexibility index (Phi) is 4.54. The van der Waals surface area contributed by atoms with Crippen molar-refractivity contribution in [2.75, 3.05) is 11.9 Å². The van der Waals surface area contributed by atoms with E-state index in [9.17, 15) is 14.9 Å². The van der Waals surface area contributed by atoms with Gasteiger partial charge in [-0.3, -0.25) is 9.59 Å². The van der Waals surface area contributed by atoms with Crippen molar-refractivity contribution >= 4 is 51.4 Å². The van der Waals surface area contributed by atoms with Crippen LogP contribution in [0.4, 0.5) is 5.00 Å². The third-order valence-electron chi connectivity index (χ3n) is 4.58. The molecule has 5 nitrogen and oxygen atoms in total. The van der Waals surface area contributed by atoms with E-state index in [-0.39, 0.29) is 0 Å². The van der Waals surface area contributed by atoms with Crippen molar-refractivity contribution in [3.05, 3.63) is 16.0 Å². The zero-order valence-electron chi connectivity index (χ0n) is 13.1. The Labute approximate surface area is 153 Å². The normalized spacial score (nSPS) is 23.8. The quantitative estimate of drug-likeness (QED) is 0.633. The van der Waals surface area contributed by atoms with Crippen LogP contribution < -0.4 is 5.32 Å². The standard InChI is InChI=1S/C16H16Cl2N2O3S/c1-15(8-16(15,17)18)14(22)23-7-12(21)20-13-10(6-19)9-4-2-3-5-11(9)24-13/h2-5,7-8H2,1H3,(H,20,21)/t15-/m1/s1. The summed E-state index contributed by atoms with van der Waals surface area (Å²) in [6.07, 6.45) is 4.26. The molecule has 8 heteroatoms. The molecule has 1 aromatic rings. The number of ether oxygens (including phenoxy) is 1. The summed E-state index contributed by atoms with van der Waals surface area (Å²) in [4.78, 5) is 25.2. The van der Waals surface area contributed by atoms with Crippen molar-refractivity contribution < 1.29 is 14.3 Å². The molecule has 1 fully saturated rings. The molecule has 1 N–H and O–H groups in total. The average molecular weight is 387 g/mol. The lowest BCUT2D eigenvalue weighted by atomic mass is 9.96. The minimum absolute atomic E-state index is 0.305. The molecule has 1 heterocycles. The molecule has 0 radical (unpaired) electrons. The summed E-state index contributed by atoms with van der Waals surface area (Å²) in [6, 6.07) is 2.17. The Morgan fingerprint density at radius 3 is 2.67 bits per heavy atom. The highest BCUT2D eigenvalue weighted by Crippen LogP contribution is 2.64. The highest BCUT2D eigenvalue weighted by molar-refractivity contribution is 7.16. The summed E-state index contributed by atoms with van der Waals surface area (Å²) in [6.45, 7) is 1.18. The molecule has 1 atom stereocenters. The molecular weight excluding hydrogens is 371 g/mol. The fourth-order valence-electron chi connectivity index (χ4n) is 2.85. The molecular formula is C16H16Cl2N2O3S. The maximum Gasteiger partial charge on any atom is 0.315 e. The first kappa shape index (κ1) is 17.5. The van der Waals surface area contributed by atoms with Crippen LogP contribution in [-0.2, 0) is 27.2 Å². The van der Waals surface area contributed by atoms with Crippen molar-refractivity contribution in [2.24, 2.45) is 5.41 Å². The second-order valence-electron chi connectivity index (χ2n) is 6.36. The van der Waals surface area contributed by atoms with E-state index in [1.165, 1.54) is 11.3 Å². The van der Waals surface area contributed by atoms with Crippen LogP contribution in [0.3, 0.4) is 0 Å². The summed E-state index contributed by atoms with van der Waals surface area (Å²) in [5, 5.41) is 12.6. The number of nitrogens with one attached hydrogen (secondary N) is 1. The molecule has 2 aliphatic carbocycles. The van der Waals surface area contributed by atoms with Gasteiger partial charge in [0.05, 0.1) is 5.56 Å². The Balaban J connectivity index is 1.61. The third kappa shape index (κ3) is 3.01. The molecule has 1 saturated carbocycles. The number of aryl methyl sites for hydroxylation is 1. The lowest BCUT2D eigenvalue weighted by molar-refractivity contribution is -0.152.